The van der Waals surface area contributed by atoms with Gasteiger partial charge in [-0.3, -0.25) is 10.0 Å². The highest BCUT2D eigenvalue weighted by molar-refractivity contribution is 7.89. The zero-order chi connectivity index (χ0) is 20.6. The minimum absolute atomic E-state index is 0.115. The van der Waals surface area contributed by atoms with E-state index >= 15 is 0 Å². The highest BCUT2D eigenvalue weighted by atomic mass is 32.2. The molecular weight excluding hydrogens is 411 g/mol. The van der Waals surface area contributed by atoms with Crippen LogP contribution in [0.3, 0.4) is 0 Å². The van der Waals surface area contributed by atoms with E-state index in [0.717, 1.165) is 18.2 Å². The van der Waals surface area contributed by atoms with Gasteiger partial charge in [-0.1, -0.05) is 4.83 Å². The number of hydrogen-bond acceptors (Lipinski definition) is 8. The van der Waals surface area contributed by atoms with Crippen molar-refractivity contribution in [3.63, 3.8) is 0 Å². The van der Waals surface area contributed by atoms with Crippen LogP contribution >= 0.6 is 0 Å². The lowest BCUT2D eigenvalue weighted by atomic mass is 10.2. The topological polar surface area (TPSA) is 128 Å². The van der Waals surface area contributed by atoms with Gasteiger partial charge in [0.05, 0.1) is 6.10 Å². The molecule has 0 spiro atoms. The minimum atomic E-state index is -4.42. The quantitative estimate of drug-likeness (QED) is 0.528. The third-order valence-electron chi connectivity index (χ3n) is 4.22. The lowest BCUT2D eigenvalue weighted by molar-refractivity contribution is -0.167. The second-order valence-corrected chi connectivity index (χ2v) is 7.78. The van der Waals surface area contributed by atoms with Gasteiger partial charge in [-0.25, -0.2) is 12.8 Å². The fourth-order valence-electron chi connectivity index (χ4n) is 2.84. The first-order chi connectivity index (χ1) is 13.8. The van der Waals surface area contributed by atoms with E-state index in [1.165, 1.54) is 24.3 Å². The molecule has 154 valence electrons. The molecule has 10 nitrogen and oxygen atoms in total. The number of nitrogens with one attached hydrogen (secondary N) is 1. The van der Waals surface area contributed by atoms with Crippen molar-refractivity contribution in [2.24, 2.45) is 0 Å². The van der Waals surface area contributed by atoms with Gasteiger partial charge in [0, 0.05) is 24.1 Å². The third-order valence-corrected chi connectivity index (χ3v) is 5.39. The van der Waals surface area contributed by atoms with Crippen molar-refractivity contribution in [1.82, 2.24) is 10.0 Å². The summed E-state index contributed by atoms with van der Waals surface area (Å²) >= 11 is 0. The summed E-state index contributed by atoms with van der Waals surface area (Å²) in [5, 5.41) is 9.12. The van der Waals surface area contributed by atoms with Gasteiger partial charge in [0.25, 0.3) is 21.9 Å². The van der Waals surface area contributed by atoms with Gasteiger partial charge in [-0.05, 0) is 30.3 Å². The monoisotopic (exact) mass is 426 g/mol. The van der Waals surface area contributed by atoms with E-state index in [-0.39, 0.29) is 41.8 Å². The van der Waals surface area contributed by atoms with Gasteiger partial charge in [0.2, 0.25) is 5.09 Å². The van der Waals surface area contributed by atoms with Crippen LogP contribution in [0.5, 0.6) is 11.7 Å². The molecule has 0 saturated carbocycles. The highest BCUT2D eigenvalue weighted by Gasteiger charge is 2.38. The van der Waals surface area contributed by atoms with Gasteiger partial charge < -0.3 is 18.6 Å². The van der Waals surface area contributed by atoms with Crippen LogP contribution in [0, 0.1) is 5.82 Å². The van der Waals surface area contributed by atoms with E-state index in [1.807, 2.05) is 0 Å². The summed E-state index contributed by atoms with van der Waals surface area (Å²) in [6.45, 7) is 0.115. The molecule has 12 heteroatoms. The lowest BCUT2D eigenvalue weighted by Crippen LogP contribution is -2.44. The number of hydrogen-bond donors (Lipinski definition) is 2. The van der Waals surface area contributed by atoms with Crippen molar-refractivity contribution >= 4 is 15.9 Å². The second-order valence-electron chi connectivity index (χ2n) is 6.19. The zero-order valence-corrected chi connectivity index (χ0v) is 15.5. The average Bonchev–Trinajstić information content (AvgIpc) is 3.38. The number of nitrogens with zero attached hydrogens (tertiary/aromatic N) is 1. The maximum absolute atomic E-state index is 12.9. The normalized spacial score (nSPS) is 21.0. The van der Waals surface area contributed by atoms with Crippen LogP contribution in [-0.2, 0) is 24.3 Å². The Labute approximate surface area is 164 Å². The summed E-state index contributed by atoms with van der Waals surface area (Å²) in [5.41, 5.74) is 0.143. The van der Waals surface area contributed by atoms with Crippen molar-refractivity contribution in [3.8, 4) is 11.7 Å². The number of rotatable bonds is 6. The predicted molar refractivity (Wildman–Crippen MR) is 91.4 cm³/mol. The van der Waals surface area contributed by atoms with Crippen molar-refractivity contribution in [2.75, 3.05) is 6.79 Å². The Morgan fingerprint density at radius 2 is 1.97 bits per heavy atom. The molecule has 4 rings (SSSR count). The highest BCUT2D eigenvalue weighted by Crippen LogP contribution is 2.30. The van der Waals surface area contributed by atoms with Gasteiger partial charge >= 0.3 is 0 Å². The molecule has 1 fully saturated rings. The van der Waals surface area contributed by atoms with Crippen LogP contribution in [0.25, 0.3) is 0 Å². The van der Waals surface area contributed by atoms with Gasteiger partial charge in [-0.15, -0.1) is 5.17 Å². The number of carbonyl (C=O) groups is 1. The smallest absolute Gasteiger partial charge is 0.293 e. The molecule has 1 aromatic carbocycles. The molecule has 2 aliphatic rings. The Hall–Kier alpha value is -2.77. The Kier molecular flexibility index (Phi) is 5.10. The predicted octanol–water partition coefficient (Wildman–Crippen LogP) is 1.69. The van der Waals surface area contributed by atoms with Crippen LogP contribution in [0.4, 0.5) is 4.39 Å². The number of amides is 1. The Morgan fingerprint density at radius 3 is 2.69 bits per heavy atom. The van der Waals surface area contributed by atoms with Crippen molar-refractivity contribution in [2.45, 2.75) is 23.7 Å². The zero-order valence-electron chi connectivity index (χ0n) is 14.6. The second kappa shape index (κ2) is 7.57. The number of furan rings is 1. The van der Waals surface area contributed by atoms with E-state index in [2.05, 4.69) is 0 Å². The summed E-state index contributed by atoms with van der Waals surface area (Å²) in [6, 6.07) is 7.27. The van der Waals surface area contributed by atoms with Crippen LogP contribution in [0.1, 0.15) is 6.42 Å². The number of benzene rings is 1. The number of carbonyl (C=O) groups excluding carboxylic acids is 1. The molecule has 1 aliphatic carbocycles. The molecule has 2 aromatic rings. The maximum Gasteiger partial charge on any atom is 0.293 e. The van der Waals surface area contributed by atoms with Gasteiger partial charge in [-0.2, -0.15) is 0 Å². The standard InChI is InChI=1S/C17H15FN2O8S/c18-11-1-3-12(4-2-11)27-15-5-6-16(28-15)29(23,24)19-20(22)17(21)10-7-13-14(8-10)26-9-25-13/h1-7,13-14,19,22H,8-9H2. The van der Waals surface area contributed by atoms with Gasteiger partial charge in [0.15, 0.2) is 0 Å². The van der Waals surface area contributed by atoms with Crippen LogP contribution in [0.15, 0.2) is 57.6 Å². The van der Waals surface area contributed by atoms with Crippen LogP contribution in [-0.4, -0.2) is 43.7 Å². The van der Waals surface area contributed by atoms with Gasteiger partial charge in [0.1, 0.15) is 24.5 Å². The number of sulfonamides is 1. The molecule has 29 heavy (non-hydrogen) atoms. The molecule has 0 bridgehead atoms. The SMILES string of the molecule is O=C(C1=CC2OCOC2C1)N(O)NS(=O)(=O)c1ccc(Oc2ccc(F)cc2)o1. The molecular formula is C17H15FN2O8S. The summed E-state index contributed by atoms with van der Waals surface area (Å²) in [5.74, 6) is -1.39. The fraction of sp³-hybridized carbons (Fsp3) is 0.235. The first-order valence-corrected chi connectivity index (χ1v) is 9.83. The third kappa shape index (κ3) is 4.16. The molecule has 1 saturated heterocycles. The van der Waals surface area contributed by atoms with Crippen LogP contribution in [0.2, 0.25) is 0 Å². The molecule has 1 aromatic heterocycles. The van der Waals surface area contributed by atoms with Crippen molar-refractivity contribution in [3.05, 3.63) is 53.9 Å². The largest absolute Gasteiger partial charge is 0.426 e. The first kappa shape index (κ1) is 19.5. The maximum atomic E-state index is 12.9. The molecule has 2 N–H and O–H groups in total. The number of halogens is 1. The Balaban J connectivity index is 1.41. The molecule has 2 heterocycles. The summed E-state index contributed by atoms with van der Waals surface area (Å²) in [4.78, 5) is 13.9. The molecule has 1 amide bonds. The van der Waals surface area contributed by atoms with E-state index < -0.39 is 32.9 Å². The van der Waals surface area contributed by atoms with Crippen molar-refractivity contribution < 1.29 is 41.4 Å². The summed E-state index contributed by atoms with van der Waals surface area (Å²) in [6.07, 6.45) is 0.906. The molecule has 2 unspecified atom stereocenters. The van der Waals surface area contributed by atoms with Crippen LogP contribution < -0.4 is 9.57 Å². The van der Waals surface area contributed by atoms with E-state index in [1.54, 1.807) is 4.83 Å². The summed E-state index contributed by atoms with van der Waals surface area (Å²) in [7, 11) is -4.42. The number of hydrazine groups is 1. The lowest BCUT2D eigenvalue weighted by Gasteiger charge is -2.15. The number of ether oxygens (including phenoxy) is 3. The summed E-state index contributed by atoms with van der Waals surface area (Å²) < 4.78 is 58.4. The number of hydroxylamine groups is 1. The van der Waals surface area contributed by atoms with E-state index in [4.69, 9.17) is 18.6 Å². The molecule has 2 atom stereocenters. The van der Waals surface area contributed by atoms with E-state index in [0.29, 0.717) is 0 Å². The molecule has 1 aliphatic heterocycles. The Bertz CT molecular complexity index is 1050. The van der Waals surface area contributed by atoms with E-state index in [9.17, 15) is 22.8 Å². The fourth-order valence-corrected chi connectivity index (χ4v) is 3.68. The molecule has 0 radical (unpaired) electrons. The number of fused-ring (bicyclic) bond motifs is 1. The Morgan fingerprint density at radius 1 is 1.21 bits per heavy atom. The van der Waals surface area contributed by atoms with Crippen molar-refractivity contribution in [1.29, 1.82) is 0 Å². The minimum Gasteiger partial charge on any atom is -0.426 e. The first-order valence-electron chi connectivity index (χ1n) is 8.35. The average molecular weight is 426 g/mol.